The van der Waals surface area contributed by atoms with Crippen LogP contribution in [0.2, 0.25) is 0 Å². The average Bonchev–Trinajstić information content (AvgIpc) is 3.41. The van der Waals surface area contributed by atoms with Crippen LogP contribution in [0.5, 0.6) is 0 Å². The van der Waals surface area contributed by atoms with Gasteiger partial charge in [-0.2, -0.15) is 0 Å². The van der Waals surface area contributed by atoms with Crippen LogP contribution in [0.4, 0.5) is 0 Å². The summed E-state index contributed by atoms with van der Waals surface area (Å²) in [6.45, 7) is 2.14. The number of ether oxygens (including phenoxy) is 6. The molecular formula is C26H41BrO7. The van der Waals surface area contributed by atoms with E-state index in [1.165, 1.54) is 13.5 Å². The smallest absolute Gasteiger partial charge is 0.305 e. The van der Waals surface area contributed by atoms with Crippen molar-refractivity contribution in [2.24, 2.45) is 11.8 Å². The predicted octanol–water partition coefficient (Wildman–Crippen LogP) is 4.90. The van der Waals surface area contributed by atoms with E-state index in [4.69, 9.17) is 28.4 Å². The minimum atomic E-state index is -0.153. The summed E-state index contributed by atoms with van der Waals surface area (Å²) in [6, 6.07) is 0. The summed E-state index contributed by atoms with van der Waals surface area (Å²) in [6.07, 6.45) is 15.3. The third-order valence-corrected chi connectivity index (χ3v) is 8.60. The zero-order valence-electron chi connectivity index (χ0n) is 20.4. The highest BCUT2D eigenvalue weighted by Crippen LogP contribution is 2.47. The van der Waals surface area contributed by atoms with Crippen molar-refractivity contribution in [3.63, 3.8) is 0 Å². The molecule has 1 aliphatic carbocycles. The largest absolute Gasteiger partial charge is 0.469 e. The Morgan fingerprint density at radius 1 is 1.09 bits per heavy atom. The Morgan fingerprint density at radius 3 is 2.56 bits per heavy atom. The Balaban J connectivity index is 1.31. The standard InChI is InChI=1S/C26H41BrO7/c1-29-24(28)10-6-9-20(27)23-16-19-18(8-7-15-31-25-11-2-4-13-30-25)21(17-22(19)33-23)34-26-12-3-5-14-32-26/h7-8,18-23,25-26H,2-6,9-17H2,1H3/b8-7+/t18-,19-,20?,21-,22-,23?,25?,26?/m1/s1. The lowest BCUT2D eigenvalue weighted by molar-refractivity contribution is -0.194. The van der Waals surface area contributed by atoms with Crippen molar-refractivity contribution < 1.29 is 33.2 Å². The second-order valence-corrected chi connectivity index (χ2v) is 11.1. The van der Waals surface area contributed by atoms with Gasteiger partial charge in [-0.25, -0.2) is 0 Å². The lowest BCUT2D eigenvalue weighted by atomic mass is 9.89. The quantitative estimate of drug-likeness (QED) is 0.208. The molecule has 0 amide bonds. The monoisotopic (exact) mass is 544 g/mol. The molecular weight excluding hydrogens is 504 g/mol. The summed E-state index contributed by atoms with van der Waals surface area (Å²) in [5.74, 6) is 0.549. The molecule has 4 fully saturated rings. The molecule has 7 nitrogen and oxygen atoms in total. The van der Waals surface area contributed by atoms with Gasteiger partial charge in [-0.1, -0.05) is 28.1 Å². The number of methoxy groups -OCH3 is 1. The van der Waals surface area contributed by atoms with E-state index in [9.17, 15) is 4.79 Å². The zero-order chi connectivity index (χ0) is 23.8. The Labute approximate surface area is 212 Å². The van der Waals surface area contributed by atoms with Gasteiger partial charge in [0.25, 0.3) is 0 Å². The minimum Gasteiger partial charge on any atom is -0.469 e. The Hall–Kier alpha value is -0.510. The third kappa shape index (κ3) is 7.50. The van der Waals surface area contributed by atoms with E-state index in [1.54, 1.807) is 0 Å². The lowest BCUT2D eigenvalue weighted by Gasteiger charge is -2.29. The van der Waals surface area contributed by atoms with Crippen molar-refractivity contribution in [3.8, 4) is 0 Å². The van der Waals surface area contributed by atoms with Gasteiger partial charge in [0.1, 0.15) is 0 Å². The number of esters is 1. The molecule has 34 heavy (non-hydrogen) atoms. The number of carbonyl (C=O) groups excluding carboxylic acids is 1. The van der Waals surface area contributed by atoms with E-state index in [2.05, 4.69) is 28.1 Å². The van der Waals surface area contributed by atoms with Crippen molar-refractivity contribution in [1.82, 2.24) is 0 Å². The molecule has 0 N–H and O–H groups in total. The number of carbonyl (C=O) groups is 1. The lowest BCUT2D eigenvalue weighted by Crippen LogP contribution is -2.32. The van der Waals surface area contributed by atoms with Crippen molar-refractivity contribution in [2.75, 3.05) is 26.9 Å². The van der Waals surface area contributed by atoms with Gasteiger partial charge >= 0.3 is 5.97 Å². The van der Waals surface area contributed by atoms with Crippen LogP contribution in [0.25, 0.3) is 0 Å². The first-order valence-electron chi connectivity index (χ1n) is 13.2. The Bertz CT molecular complexity index is 647. The molecule has 3 saturated heterocycles. The van der Waals surface area contributed by atoms with Crippen molar-refractivity contribution in [3.05, 3.63) is 12.2 Å². The molecule has 1 saturated carbocycles. The minimum absolute atomic E-state index is 0.0734. The number of rotatable bonds is 11. The topological polar surface area (TPSA) is 72.5 Å². The summed E-state index contributed by atoms with van der Waals surface area (Å²) in [5.41, 5.74) is 0. The summed E-state index contributed by atoms with van der Waals surface area (Å²) in [4.78, 5) is 11.7. The van der Waals surface area contributed by atoms with Gasteiger partial charge in [-0.15, -0.1) is 0 Å². The second kappa shape index (κ2) is 13.7. The molecule has 0 radical (unpaired) electrons. The predicted molar refractivity (Wildman–Crippen MR) is 131 cm³/mol. The van der Waals surface area contributed by atoms with Crippen LogP contribution in [0.15, 0.2) is 12.2 Å². The molecule has 4 rings (SSSR count). The molecule has 8 atom stereocenters. The van der Waals surface area contributed by atoms with Crippen molar-refractivity contribution in [1.29, 1.82) is 0 Å². The van der Waals surface area contributed by atoms with Gasteiger partial charge in [0.2, 0.25) is 0 Å². The van der Waals surface area contributed by atoms with Crippen LogP contribution < -0.4 is 0 Å². The fourth-order valence-electron chi connectivity index (χ4n) is 5.71. The fourth-order valence-corrected chi connectivity index (χ4v) is 6.37. The molecule has 4 unspecified atom stereocenters. The van der Waals surface area contributed by atoms with E-state index in [0.29, 0.717) is 18.9 Å². The normalized spacial score (nSPS) is 37.1. The number of halogens is 1. The van der Waals surface area contributed by atoms with Gasteiger partial charge in [0, 0.05) is 36.8 Å². The van der Waals surface area contributed by atoms with Crippen molar-refractivity contribution in [2.45, 2.75) is 106 Å². The highest BCUT2D eigenvalue weighted by Gasteiger charge is 2.50. The van der Waals surface area contributed by atoms with Gasteiger partial charge in [-0.05, 0) is 63.7 Å². The van der Waals surface area contributed by atoms with E-state index in [0.717, 1.165) is 71.0 Å². The van der Waals surface area contributed by atoms with Crippen LogP contribution in [-0.4, -0.2) is 68.6 Å². The van der Waals surface area contributed by atoms with E-state index < -0.39 is 0 Å². The first kappa shape index (κ1) is 26.6. The van der Waals surface area contributed by atoms with Crippen LogP contribution >= 0.6 is 15.9 Å². The van der Waals surface area contributed by atoms with Gasteiger partial charge < -0.3 is 28.4 Å². The third-order valence-electron chi connectivity index (χ3n) is 7.55. The van der Waals surface area contributed by atoms with E-state index in [1.807, 2.05) is 0 Å². The zero-order valence-corrected chi connectivity index (χ0v) is 22.0. The summed E-state index contributed by atoms with van der Waals surface area (Å²) < 4.78 is 35.2. The molecule has 0 aromatic heterocycles. The molecule has 3 heterocycles. The van der Waals surface area contributed by atoms with Crippen molar-refractivity contribution >= 4 is 21.9 Å². The number of hydrogen-bond donors (Lipinski definition) is 0. The molecule has 0 aromatic rings. The number of alkyl halides is 1. The van der Waals surface area contributed by atoms with Gasteiger partial charge in [-0.3, -0.25) is 4.79 Å². The van der Waals surface area contributed by atoms with Crippen LogP contribution in [0, 0.1) is 11.8 Å². The molecule has 0 aromatic carbocycles. The highest BCUT2D eigenvalue weighted by atomic mass is 79.9. The van der Waals surface area contributed by atoms with Gasteiger partial charge in [0.05, 0.1) is 32.0 Å². The molecule has 0 spiro atoms. The van der Waals surface area contributed by atoms with E-state index in [-0.39, 0.29) is 47.6 Å². The Kier molecular flexibility index (Phi) is 10.7. The van der Waals surface area contributed by atoms with E-state index >= 15 is 0 Å². The summed E-state index contributed by atoms with van der Waals surface area (Å²) in [5, 5.41) is 0. The SMILES string of the molecule is COC(=O)CCCC(Br)C1C[C@@H]2[C@@H](/C=C/COC3CCCCO3)[C@H](OC3CCCCO3)C[C@H]2O1. The number of hydrogen-bond acceptors (Lipinski definition) is 7. The first-order chi connectivity index (χ1) is 16.6. The highest BCUT2D eigenvalue weighted by molar-refractivity contribution is 9.09. The number of fused-ring (bicyclic) bond motifs is 1. The Morgan fingerprint density at radius 2 is 1.85 bits per heavy atom. The molecule has 8 heteroatoms. The second-order valence-electron chi connectivity index (χ2n) is 9.94. The summed E-state index contributed by atoms with van der Waals surface area (Å²) >= 11 is 3.83. The van der Waals surface area contributed by atoms with Crippen LogP contribution in [0.1, 0.15) is 70.6 Å². The molecule has 3 aliphatic heterocycles. The van der Waals surface area contributed by atoms with Crippen LogP contribution in [-0.2, 0) is 33.2 Å². The average molecular weight is 546 g/mol. The fraction of sp³-hybridized carbons (Fsp3) is 0.885. The molecule has 0 bridgehead atoms. The first-order valence-corrected chi connectivity index (χ1v) is 14.1. The maximum absolute atomic E-state index is 11.4. The molecule has 194 valence electrons. The molecule has 4 aliphatic rings. The van der Waals surface area contributed by atoms with Gasteiger partial charge in [0.15, 0.2) is 12.6 Å². The maximum Gasteiger partial charge on any atom is 0.305 e. The van der Waals surface area contributed by atoms with Crippen LogP contribution in [0.3, 0.4) is 0 Å². The summed E-state index contributed by atoms with van der Waals surface area (Å²) in [7, 11) is 1.44. The maximum atomic E-state index is 11.4.